The summed E-state index contributed by atoms with van der Waals surface area (Å²) in [4.78, 5) is 11.5. The zero-order valence-electron chi connectivity index (χ0n) is 17.8. The van der Waals surface area contributed by atoms with E-state index >= 15 is 0 Å². The summed E-state index contributed by atoms with van der Waals surface area (Å²) in [5, 5.41) is 10.5. The van der Waals surface area contributed by atoms with Crippen LogP contribution in [0.5, 0.6) is 0 Å². The van der Waals surface area contributed by atoms with Crippen LogP contribution in [0.1, 0.15) is 36.5 Å². The molecule has 0 saturated carbocycles. The van der Waals surface area contributed by atoms with E-state index in [1.165, 1.54) is 34.1 Å². The molecule has 0 aliphatic heterocycles. The first kappa shape index (κ1) is 23.4. The molecule has 0 atom stereocenters. The summed E-state index contributed by atoms with van der Waals surface area (Å²) in [7, 11) is -3.94. The van der Waals surface area contributed by atoms with Crippen molar-refractivity contribution < 1.29 is 17.6 Å². The molecular weight excluding hydrogens is 431 g/mol. The fourth-order valence-corrected chi connectivity index (χ4v) is 4.68. The lowest BCUT2D eigenvalue weighted by molar-refractivity contribution is -0.119. The number of hydrogen-bond acceptors (Lipinski definition) is 4. The third-order valence-electron chi connectivity index (χ3n) is 5.08. The van der Waals surface area contributed by atoms with Gasteiger partial charge in [0, 0.05) is 0 Å². The molecule has 32 heavy (non-hydrogen) atoms. The van der Waals surface area contributed by atoms with Crippen LogP contribution in [0.15, 0.2) is 77.7 Å². The maximum atomic E-state index is 13.5. The van der Waals surface area contributed by atoms with Crippen LogP contribution in [-0.4, -0.2) is 14.3 Å². The van der Waals surface area contributed by atoms with Crippen LogP contribution in [0, 0.1) is 11.0 Å². The van der Waals surface area contributed by atoms with Gasteiger partial charge in [-0.25, -0.2) is 12.8 Å². The fourth-order valence-electron chi connectivity index (χ4n) is 3.22. The lowest BCUT2D eigenvalue weighted by Gasteiger charge is -2.25. The minimum absolute atomic E-state index is 0.00502. The molecule has 0 aliphatic rings. The second kappa shape index (κ2) is 9.93. The van der Waals surface area contributed by atoms with E-state index in [0.29, 0.717) is 16.8 Å². The Morgan fingerprint density at radius 3 is 2.03 bits per heavy atom. The van der Waals surface area contributed by atoms with Gasteiger partial charge in [0.2, 0.25) is 5.91 Å². The highest BCUT2D eigenvalue weighted by Gasteiger charge is 2.25. The highest BCUT2D eigenvalue weighted by Crippen LogP contribution is 2.28. The van der Waals surface area contributed by atoms with Crippen LogP contribution in [0.25, 0.3) is 0 Å². The molecule has 3 aromatic rings. The summed E-state index contributed by atoms with van der Waals surface area (Å²) in [5.41, 5.74) is 3.91. The van der Waals surface area contributed by atoms with Gasteiger partial charge in [0.15, 0.2) is 0 Å². The van der Waals surface area contributed by atoms with Crippen LogP contribution in [0.2, 0.25) is 0 Å². The highest BCUT2D eigenvalue weighted by molar-refractivity contribution is 7.92. The Morgan fingerprint density at radius 1 is 0.938 bits per heavy atom. The molecule has 1 N–H and O–H groups in total. The standard InChI is InChI=1S/C24H24FN2O4S/c1-17(2)20-7-13-23(14-8-20)32(30,31)27(16-19-3-9-21(25)10-4-19)22-11-5-18(6-12-22)15-24(28)26-29/h3-14,17H,15-16H2,1-2H3,(H-,26,28,29)/q-1. The van der Waals surface area contributed by atoms with Crippen molar-refractivity contribution in [2.24, 2.45) is 0 Å². The maximum Gasteiger partial charge on any atom is 0.264 e. The summed E-state index contributed by atoms with van der Waals surface area (Å²) in [6, 6.07) is 18.7. The van der Waals surface area contributed by atoms with Gasteiger partial charge in [-0.2, -0.15) is 0 Å². The molecule has 0 heterocycles. The number of nitrogens with zero attached hydrogens (tertiary/aromatic N) is 1. The molecule has 6 nitrogen and oxygen atoms in total. The van der Waals surface area contributed by atoms with Crippen molar-refractivity contribution in [3.8, 4) is 0 Å². The lowest BCUT2D eigenvalue weighted by atomic mass is 10.0. The molecule has 0 bridgehead atoms. The molecule has 0 aliphatic carbocycles. The van der Waals surface area contributed by atoms with Crippen LogP contribution in [0.3, 0.4) is 0 Å². The van der Waals surface area contributed by atoms with Crippen molar-refractivity contribution in [2.45, 2.75) is 37.6 Å². The predicted molar refractivity (Wildman–Crippen MR) is 122 cm³/mol. The summed E-state index contributed by atoms with van der Waals surface area (Å²) in [6.07, 6.45) is -0.106. The van der Waals surface area contributed by atoms with Crippen LogP contribution in [0.4, 0.5) is 10.1 Å². The minimum Gasteiger partial charge on any atom is -0.759 e. The van der Waals surface area contributed by atoms with Gasteiger partial charge in [-0.1, -0.05) is 50.2 Å². The fraction of sp³-hybridized carbons (Fsp3) is 0.208. The number of benzene rings is 3. The number of carbonyl (C=O) groups is 1. The highest BCUT2D eigenvalue weighted by atomic mass is 32.2. The Balaban J connectivity index is 1.99. The van der Waals surface area contributed by atoms with Crippen molar-refractivity contribution in [2.75, 3.05) is 4.31 Å². The first-order valence-electron chi connectivity index (χ1n) is 10.1. The van der Waals surface area contributed by atoms with Crippen LogP contribution >= 0.6 is 0 Å². The largest absolute Gasteiger partial charge is 0.759 e. The smallest absolute Gasteiger partial charge is 0.264 e. The van der Waals surface area contributed by atoms with Crippen LogP contribution in [-0.2, 0) is 27.8 Å². The van der Waals surface area contributed by atoms with Gasteiger partial charge in [0.25, 0.3) is 10.0 Å². The monoisotopic (exact) mass is 455 g/mol. The third-order valence-corrected chi connectivity index (χ3v) is 6.87. The molecule has 0 spiro atoms. The number of carbonyl (C=O) groups excluding carboxylic acids is 1. The lowest BCUT2D eigenvalue weighted by Crippen LogP contribution is -2.30. The van der Waals surface area contributed by atoms with Gasteiger partial charge in [-0.3, -0.25) is 9.10 Å². The van der Waals surface area contributed by atoms with Crippen molar-refractivity contribution in [3.05, 3.63) is 101 Å². The molecule has 0 unspecified atom stereocenters. The van der Waals surface area contributed by atoms with E-state index in [2.05, 4.69) is 0 Å². The molecule has 0 aromatic heterocycles. The van der Waals surface area contributed by atoms with Gasteiger partial charge < -0.3 is 10.7 Å². The molecule has 1 amide bonds. The molecule has 0 fully saturated rings. The Hall–Kier alpha value is -3.23. The van der Waals surface area contributed by atoms with Gasteiger partial charge in [-0.05, 0) is 59.0 Å². The molecule has 0 radical (unpaired) electrons. The molecule has 168 valence electrons. The average molecular weight is 456 g/mol. The van der Waals surface area contributed by atoms with Gasteiger partial charge in [0.05, 0.1) is 23.5 Å². The summed E-state index contributed by atoms with van der Waals surface area (Å²) >= 11 is 0. The topological polar surface area (TPSA) is 89.5 Å². The van der Waals surface area contributed by atoms with Crippen LogP contribution < -0.4 is 9.79 Å². The SMILES string of the molecule is CC(C)c1ccc(S(=O)(=O)N(Cc2ccc(F)cc2)c2ccc(CC(=O)N[O-])cc2)cc1. The molecule has 3 aromatic carbocycles. The zero-order valence-corrected chi connectivity index (χ0v) is 18.6. The zero-order chi connectivity index (χ0) is 23.3. The second-order valence-corrected chi connectivity index (χ2v) is 9.59. The van der Waals surface area contributed by atoms with E-state index in [4.69, 9.17) is 0 Å². The summed E-state index contributed by atoms with van der Waals surface area (Å²) < 4.78 is 41.7. The number of hydroxylamine groups is 1. The van der Waals surface area contributed by atoms with Crippen molar-refractivity contribution in [1.82, 2.24) is 5.48 Å². The molecule has 8 heteroatoms. The van der Waals surface area contributed by atoms with Crippen molar-refractivity contribution in [1.29, 1.82) is 0 Å². The first-order chi connectivity index (χ1) is 15.2. The number of sulfonamides is 1. The number of nitrogens with one attached hydrogen (secondary N) is 1. The molecular formula is C24H24FN2O4S-. The van der Waals surface area contributed by atoms with E-state index in [0.717, 1.165) is 5.56 Å². The minimum atomic E-state index is -3.94. The Morgan fingerprint density at radius 2 is 1.50 bits per heavy atom. The van der Waals surface area contributed by atoms with E-state index in [-0.39, 0.29) is 23.8 Å². The van der Waals surface area contributed by atoms with E-state index < -0.39 is 21.7 Å². The summed E-state index contributed by atoms with van der Waals surface area (Å²) in [6.45, 7) is 4.05. The van der Waals surface area contributed by atoms with Gasteiger partial charge >= 0.3 is 0 Å². The number of rotatable bonds is 8. The first-order valence-corrected chi connectivity index (χ1v) is 11.5. The number of hydrogen-bond donors (Lipinski definition) is 1. The van der Waals surface area contributed by atoms with E-state index in [1.807, 2.05) is 13.8 Å². The Kier molecular flexibility index (Phi) is 7.27. The Bertz CT molecular complexity index is 1160. The van der Waals surface area contributed by atoms with Gasteiger partial charge in [0.1, 0.15) is 5.82 Å². The third kappa shape index (κ3) is 5.52. The molecule has 0 saturated heterocycles. The van der Waals surface area contributed by atoms with Crippen molar-refractivity contribution >= 4 is 21.6 Å². The average Bonchev–Trinajstić information content (AvgIpc) is 2.79. The normalized spacial score (nSPS) is 11.4. The quantitative estimate of drug-likeness (QED) is 0.507. The van der Waals surface area contributed by atoms with Gasteiger partial charge in [-0.15, -0.1) is 0 Å². The molecule has 3 rings (SSSR count). The van der Waals surface area contributed by atoms with E-state index in [9.17, 15) is 22.8 Å². The predicted octanol–water partition coefficient (Wildman–Crippen LogP) is 4.50. The Labute approximate surface area is 187 Å². The number of amides is 1. The second-order valence-electron chi connectivity index (χ2n) is 7.73. The summed E-state index contributed by atoms with van der Waals surface area (Å²) in [5.74, 6) is -0.826. The number of halogens is 1. The number of anilines is 1. The maximum absolute atomic E-state index is 13.5. The van der Waals surface area contributed by atoms with E-state index in [1.54, 1.807) is 48.5 Å². The van der Waals surface area contributed by atoms with Crippen molar-refractivity contribution in [3.63, 3.8) is 0 Å².